The van der Waals surface area contributed by atoms with E-state index in [1.165, 1.54) is 11.1 Å². The molecule has 164 valence electrons. The van der Waals surface area contributed by atoms with Crippen LogP contribution in [-0.4, -0.2) is 51.1 Å². The first-order chi connectivity index (χ1) is 15.4. The lowest BCUT2D eigenvalue weighted by Crippen LogP contribution is -2.36. The molecule has 0 aliphatic carbocycles. The van der Waals surface area contributed by atoms with E-state index in [4.69, 9.17) is 4.74 Å². The fourth-order valence-corrected chi connectivity index (χ4v) is 3.61. The predicted octanol–water partition coefficient (Wildman–Crippen LogP) is 4.20. The maximum absolute atomic E-state index is 12.6. The lowest BCUT2D eigenvalue weighted by atomic mass is 10.0. The minimum absolute atomic E-state index is 0.0121. The van der Waals surface area contributed by atoms with Crippen molar-refractivity contribution in [1.29, 1.82) is 0 Å². The molecule has 1 amide bonds. The Bertz CT molecular complexity index is 1270. The van der Waals surface area contributed by atoms with E-state index >= 15 is 0 Å². The number of hydrogen-bond acceptors (Lipinski definition) is 5. The highest BCUT2D eigenvalue weighted by Crippen LogP contribution is 2.36. The molecule has 32 heavy (non-hydrogen) atoms. The number of aromatic nitrogens is 3. The number of aromatic amines is 1. The molecule has 0 saturated heterocycles. The summed E-state index contributed by atoms with van der Waals surface area (Å²) in [5.41, 5.74) is 4.74. The summed E-state index contributed by atoms with van der Waals surface area (Å²) in [6.07, 6.45) is 5.61. The number of pyridine rings is 2. The van der Waals surface area contributed by atoms with Crippen LogP contribution in [0.2, 0.25) is 0 Å². The summed E-state index contributed by atoms with van der Waals surface area (Å²) in [5, 5.41) is 11.5. The number of fused-ring (bicyclic) bond motifs is 1. The Kier molecular flexibility index (Phi) is 5.92. The number of ether oxygens (including phenoxy) is 1. The molecule has 7 nitrogen and oxygen atoms in total. The quantitative estimate of drug-likeness (QED) is 0.478. The molecule has 0 radical (unpaired) electrons. The molecule has 1 aromatic carbocycles. The zero-order chi connectivity index (χ0) is 22.8. The Morgan fingerprint density at radius 2 is 1.84 bits per heavy atom. The van der Waals surface area contributed by atoms with E-state index in [2.05, 4.69) is 15.0 Å². The average Bonchev–Trinajstić information content (AvgIpc) is 3.25. The van der Waals surface area contributed by atoms with Gasteiger partial charge in [-0.2, -0.15) is 0 Å². The first-order valence-corrected chi connectivity index (χ1v) is 10.4. The van der Waals surface area contributed by atoms with Crippen LogP contribution in [-0.2, 0) is 4.79 Å². The van der Waals surface area contributed by atoms with Gasteiger partial charge in [0, 0.05) is 71.1 Å². The number of aliphatic hydroxyl groups is 1. The average molecular weight is 431 g/mol. The molecule has 3 aromatic heterocycles. The van der Waals surface area contributed by atoms with Gasteiger partial charge >= 0.3 is 0 Å². The number of nitrogens with one attached hydrogen (secondary N) is 1. The molecule has 0 aliphatic heterocycles. The zero-order valence-electron chi connectivity index (χ0n) is 18.5. The maximum atomic E-state index is 12.6. The highest BCUT2D eigenvalue weighted by molar-refractivity contribution is 5.97. The van der Waals surface area contributed by atoms with Crippen molar-refractivity contribution in [3.8, 4) is 28.0 Å². The smallest absolute Gasteiger partial charge is 0.256 e. The first kappa shape index (κ1) is 21.5. The third-order valence-electron chi connectivity index (χ3n) is 5.69. The minimum atomic E-state index is -1.28. The number of rotatable bonds is 6. The van der Waals surface area contributed by atoms with E-state index in [-0.39, 0.29) is 11.9 Å². The molecule has 1 atom stereocenters. The van der Waals surface area contributed by atoms with Crippen LogP contribution >= 0.6 is 0 Å². The number of benzene rings is 1. The van der Waals surface area contributed by atoms with E-state index in [1.54, 1.807) is 32.6 Å². The van der Waals surface area contributed by atoms with Gasteiger partial charge < -0.3 is 19.7 Å². The Balaban J connectivity index is 1.73. The Morgan fingerprint density at radius 1 is 1.09 bits per heavy atom. The van der Waals surface area contributed by atoms with Crippen LogP contribution in [0.4, 0.5) is 0 Å². The molecule has 4 aromatic rings. The number of H-pyrrole nitrogens is 1. The minimum Gasteiger partial charge on any atom is -0.496 e. The third-order valence-corrected chi connectivity index (χ3v) is 5.69. The Hall–Kier alpha value is -3.71. The van der Waals surface area contributed by atoms with Crippen LogP contribution in [0.15, 0.2) is 61.2 Å². The molecule has 0 saturated carbocycles. The van der Waals surface area contributed by atoms with Crippen molar-refractivity contribution in [2.75, 3.05) is 14.2 Å². The van der Waals surface area contributed by atoms with E-state index in [1.807, 2.05) is 50.4 Å². The summed E-state index contributed by atoms with van der Waals surface area (Å²) < 4.78 is 5.53. The van der Waals surface area contributed by atoms with Crippen molar-refractivity contribution in [3.05, 3.63) is 66.7 Å². The van der Waals surface area contributed by atoms with E-state index < -0.39 is 6.10 Å². The fraction of sp³-hybridized carbons (Fsp3) is 0.240. The van der Waals surface area contributed by atoms with Crippen LogP contribution in [0, 0.1) is 0 Å². The summed E-state index contributed by atoms with van der Waals surface area (Å²) in [6, 6.07) is 11.6. The third kappa shape index (κ3) is 3.94. The van der Waals surface area contributed by atoms with E-state index in [9.17, 15) is 9.90 Å². The lowest BCUT2D eigenvalue weighted by Gasteiger charge is -2.24. The standard InChI is InChI=1S/C25H26N4O3/c1-15(2)29(3)25(31)23(30)18-9-16(11-26-12-18)17-10-20-21(14-28-24(20)27-13-17)19-7-5-6-8-22(19)32-4/h5-15,23,30H,1-4H3,(H,27,28). The zero-order valence-corrected chi connectivity index (χ0v) is 18.5. The number of amides is 1. The maximum Gasteiger partial charge on any atom is 0.256 e. The predicted molar refractivity (Wildman–Crippen MR) is 124 cm³/mol. The van der Waals surface area contributed by atoms with Crippen molar-refractivity contribution in [2.24, 2.45) is 0 Å². The molecule has 3 heterocycles. The van der Waals surface area contributed by atoms with Crippen LogP contribution < -0.4 is 4.74 Å². The second kappa shape index (κ2) is 8.80. The van der Waals surface area contributed by atoms with Crippen molar-refractivity contribution < 1.29 is 14.6 Å². The molecule has 7 heteroatoms. The Labute approximate surface area is 186 Å². The summed E-state index contributed by atoms with van der Waals surface area (Å²) >= 11 is 0. The van der Waals surface area contributed by atoms with E-state index in [0.29, 0.717) is 5.56 Å². The fourth-order valence-electron chi connectivity index (χ4n) is 3.61. The number of hydrogen-bond donors (Lipinski definition) is 2. The molecule has 0 fully saturated rings. The number of carbonyl (C=O) groups is 1. The molecule has 2 N–H and O–H groups in total. The molecule has 0 spiro atoms. The molecule has 1 unspecified atom stereocenters. The van der Waals surface area contributed by atoms with Gasteiger partial charge in [-0.05, 0) is 32.0 Å². The van der Waals surface area contributed by atoms with Crippen LogP contribution in [0.5, 0.6) is 5.75 Å². The SMILES string of the molecule is COc1ccccc1-c1c[nH]c2ncc(-c3cncc(C(O)C(=O)N(C)C(C)C)c3)cc12. The molecular weight excluding hydrogens is 404 g/mol. The Morgan fingerprint density at radius 3 is 2.59 bits per heavy atom. The summed E-state index contributed by atoms with van der Waals surface area (Å²) in [6.45, 7) is 3.80. The second-order valence-electron chi connectivity index (χ2n) is 7.98. The van der Waals surface area contributed by atoms with Crippen molar-refractivity contribution >= 4 is 16.9 Å². The van der Waals surface area contributed by atoms with Crippen molar-refractivity contribution in [1.82, 2.24) is 19.9 Å². The number of para-hydroxylation sites is 1. The topological polar surface area (TPSA) is 91.3 Å². The van der Waals surface area contributed by atoms with Crippen molar-refractivity contribution in [2.45, 2.75) is 26.0 Å². The lowest BCUT2D eigenvalue weighted by molar-refractivity contribution is -0.140. The van der Waals surface area contributed by atoms with Gasteiger partial charge in [-0.1, -0.05) is 18.2 Å². The van der Waals surface area contributed by atoms with Crippen molar-refractivity contribution in [3.63, 3.8) is 0 Å². The van der Waals surface area contributed by atoms with Gasteiger partial charge in [0.2, 0.25) is 0 Å². The van der Waals surface area contributed by atoms with Gasteiger partial charge in [0.15, 0.2) is 6.10 Å². The summed E-state index contributed by atoms with van der Waals surface area (Å²) in [5.74, 6) is 0.412. The summed E-state index contributed by atoms with van der Waals surface area (Å²) in [4.78, 5) is 26.1. The number of aliphatic hydroxyl groups excluding tert-OH is 1. The van der Waals surface area contributed by atoms with Gasteiger partial charge in [0.1, 0.15) is 11.4 Å². The van der Waals surface area contributed by atoms with Crippen LogP contribution in [0.1, 0.15) is 25.5 Å². The van der Waals surface area contributed by atoms with Gasteiger partial charge in [-0.3, -0.25) is 9.78 Å². The molecule has 4 rings (SSSR count). The number of carbonyl (C=O) groups excluding carboxylic acids is 1. The first-order valence-electron chi connectivity index (χ1n) is 10.4. The highest BCUT2D eigenvalue weighted by atomic mass is 16.5. The monoisotopic (exact) mass is 430 g/mol. The van der Waals surface area contributed by atoms with Gasteiger partial charge in [-0.25, -0.2) is 4.98 Å². The van der Waals surface area contributed by atoms with E-state index in [0.717, 1.165) is 39.0 Å². The molecular formula is C25H26N4O3. The second-order valence-corrected chi connectivity index (χ2v) is 7.98. The molecule has 0 aliphatic rings. The van der Waals surface area contributed by atoms with Crippen LogP contribution in [0.3, 0.4) is 0 Å². The largest absolute Gasteiger partial charge is 0.496 e. The highest BCUT2D eigenvalue weighted by Gasteiger charge is 2.23. The van der Waals surface area contributed by atoms with Gasteiger partial charge in [0.25, 0.3) is 5.91 Å². The molecule has 0 bridgehead atoms. The van der Waals surface area contributed by atoms with Gasteiger partial charge in [-0.15, -0.1) is 0 Å². The number of methoxy groups -OCH3 is 1. The number of likely N-dealkylation sites (N-methyl/N-ethyl adjacent to an activating group) is 1. The van der Waals surface area contributed by atoms with Gasteiger partial charge in [0.05, 0.1) is 7.11 Å². The van der Waals surface area contributed by atoms with Crippen LogP contribution in [0.25, 0.3) is 33.3 Å². The number of nitrogens with zero attached hydrogens (tertiary/aromatic N) is 3. The normalized spacial score (nSPS) is 12.2. The summed E-state index contributed by atoms with van der Waals surface area (Å²) in [7, 11) is 3.33.